The molecule has 3 rings (SSSR count). The number of rotatable bonds is 3. The van der Waals surface area contributed by atoms with E-state index in [1.807, 2.05) is 11.5 Å². The maximum atomic E-state index is 11.6. The van der Waals surface area contributed by atoms with Crippen molar-refractivity contribution in [3.63, 3.8) is 0 Å². The van der Waals surface area contributed by atoms with Crippen molar-refractivity contribution in [2.45, 2.75) is 39.2 Å². The van der Waals surface area contributed by atoms with Crippen LogP contribution >= 0.6 is 0 Å². The molecule has 2 saturated carbocycles. The van der Waals surface area contributed by atoms with Gasteiger partial charge in [-0.2, -0.15) is 0 Å². The van der Waals surface area contributed by atoms with E-state index in [-0.39, 0.29) is 5.69 Å². The van der Waals surface area contributed by atoms with Gasteiger partial charge < -0.3 is 15.0 Å². The summed E-state index contributed by atoms with van der Waals surface area (Å²) in [5.74, 6) is 3.26. The summed E-state index contributed by atoms with van der Waals surface area (Å²) in [7, 11) is 1.35. The minimum absolute atomic E-state index is 0.253. The number of nitrogens with zero attached hydrogens (tertiary/aromatic N) is 2. The number of hydrogen-bond acceptors (Lipinski definition) is 4. The Morgan fingerprint density at radius 2 is 2.26 bits per heavy atom. The molecular formula is C14H21N3O2. The Morgan fingerprint density at radius 1 is 1.47 bits per heavy atom. The van der Waals surface area contributed by atoms with Crippen molar-refractivity contribution in [1.29, 1.82) is 0 Å². The van der Waals surface area contributed by atoms with Crippen molar-refractivity contribution in [2.75, 3.05) is 12.8 Å². The zero-order chi connectivity index (χ0) is 13.6. The van der Waals surface area contributed by atoms with Gasteiger partial charge in [0.25, 0.3) is 0 Å². The van der Waals surface area contributed by atoms with Crippen LogP contribution < -0.4 is 5.73 Å². The molecule has 0 saturated heterocycles. The third-order valence-corrected chi connectivity index (χ3v) is 4.88. The van der Waals surface area contributed by atoms with Crippen LogP contribution in [-0.4, -0.2) is 22.6 Å². The zero-order valence-corrected chi connectivity index (χ0v) is 11.6. The van der Waals surface area contributed by atoms with Crippen LogP contribution in [0.25, 0.3) is 0 Å². The molecular weight excluding hydrogens is 242 g/mol. The van der Waals surface area contributed by atoms with Crippen LogP contribution in [0.1, 0.15) is 42.0 Å². The zero-order valence-electron chi connectivity index (χ0n) is 11.6. The van der Waals surface area contributed by atoms with Gasteiger partial charge in [0.15, 0.2) is 5.69 Å². The Labute approximate surface area is 113 Å². The molecule has 0 amide bonds. The fourth-order valence-electron chi connectivity index (χ4n) is 3.89. The van der Waals surface area contributed by atoms with Crippen LogP contribution in [0.4, 0.5) is 5.82 Å². The second kappa shape index (κ2) is 4.54. The Kier molecular flexibility index (Phi) is 2.99. The summed E-state index contributed by atoms with van der Waals surface area (Å²) in [6.07, 6.45) is 5.43. The first-order valence-corrected chi connectivity index (χ1v) is 7.01. The molecule has 0 aliphatic heterocycles. The third kappa shape index (κ3) is 2.01. The molecule has 0 spiro atoms. The van der Waals surface area contributed by atoms with E-state index in [1.54, 1.807) is 0 Å². The van der Waals surface area contributed by atoms with E-state index in [9.17, 15) is 4.79 Å². The summed E-state index contributed by atoms with van der Waals surface area (Å²) in [6, 6.07) is 0. The predicted molar refractivity (Wildman–Crippen MR) is 71.7 cm³/mol. The summed E-state index contributed by atoms with van der Waals surface area (Å²) in [6.45, 7) is 2.79. The lowest BCUT2D eigenvalue weighted by molar-refractivity contribution is 0.0595. The number of carbonyl (C=O) groups is 1. The van der Waals surface area contributed by atoms with Gasteiger partial charge in [0.05, 0.1) is 7.11 Å². The van der Waals surface area contributed by atoms with Crippen LogP contribution in [0.5, 0.6) is 0 Å². The Morgan fingerprint density at radius 3 is 2.84 bits per heavy atom. The summed E-state index contributed by atoms with van der Waals surface area (Å²) in [5, 5.41) is 0. The molecule has 1 aromatic heterocycles. The standard InChI is InChI=1S/C14H21N3O2/c1-8-16-12(14(18)19-2)13(15)17(8)7-11-6-9-3-4-10(11)5-9/h9-11H,3-7,15H2,1-2H3. The lowest BCUT2D eigenvalue weighted by atomic mass is 9.89. The smallest absolute Gasteiger partial charge is 0.360 e. The molecule has 1 aromatic rings. The molecule has 0 aromatic carbocycles. The highest BCUT2D eigenvalue weighted by atomic mass is 16.5. The quantitative estimate of drug-likeness (QED) is 0.847. The van der Waals surface area contributed by atoms with Crippen molar-refractivity contribution >= 4 is 11.8 Å². The average Bonchev–Trinajstić information content (AvgIpc) is 3.08. The lowest BCUT2D eigenvalue weighted by Gasteiger charge is -2.23. The summed E-state index contributed by atoms with van der Waals surface area (Å²) >= 11 is 0. The Hall–Kier alpha value is -1.52. The van der Waals surface area contributed by atoms with Crippen LogP contribution in [0.3, 0.4) is 0 Å². The van der Waals surface area contributed by atoms with Gasteiger partial charge in [-0.05, 0) is 43.9 Å². The number of imidazole rings is 1. The highest BCUT2D eigenvalue weighted by Crippen LogP contribution is 2.49. The molecule has 1 heterocycles. The van der Waals surface area contributed by atoms with Crippen molar-refractivity contribution in [1.82, 2.24) is 9.55 Å². The monoisotopic (exact) mass is 263 g/mol. The second-order valence-corrected chi connectivity index (χ2v) is 5.93. The molecule has 2 bridgehead atoms. The highest BCUT2D eigenvalue weighted by molar-refractivity contribution is 5.92. The molecule has 3 unspecified atom stereocenters. The van der Waals surface area contributed by atoms with Gasteiger partial charge in [0.2, 0.25) is 0 Å². The minimum Gasteiger partial charge on any atom is -0.464 e. The number of fused-ring (bicyclic) bond motifs is 2. The van der Waals surface area contributed by atoms with Gasteiger partial charge in [-0.15, -0.1) is 0 Å². The number of esters is 1. The number of anilines is 1. The van der Waals surface area contributed by atoms with E-state index >= 15 is 0 Å². The topological polar surface area (TPSA) is 70.1 Å². The van der Waals surface area contributed by atoms with E-state index in [2.05, 4.69) is 4.98 Å². The summed E-state index contributed by atoms with van der Waals surface area (Å²) < 4.78 is 6.69. The van der Waals surface area contributed by atoms with E-state index < -0.39 is 5.97 Å². The molecule has 3 atom stereocenters. The summed E-state index contributed by atoms with van der Waals surface area (Å²) in [4.78, 5) is 15.8. The molecule has 19 heavy (non-hydrogen) atoms. The van der Waals surface area contributed by atoms with Crippen LogP contribution in [0.15, 0.2) is 0 Å². The van der Waals surface area contributed by atoms with Crippen LogP contribution in [0, 0.1) is 24.7 Å². The number of methoxy groups -OCH3 is 1. The Bertz CT molecular complexity index is 509. The van der Waals surface area contributed by atoms with Crippen molar-refractivity contribution in [3.05, 3.63) is 11.5 Å². The minimum atomic E-state index is -0.452. The van der Waals surface area contributed by atoms with Gasteiger partial charge >= 0.3 is 5.97 Å². The van der Waals surface area contributed by atoms with E-state index in [1.165, 1.54) is 32.8 Å². The van der Waals surface area contributed by atoms with Crippen molar-refractivity contribution < 1.29 is 9.53 Å². The molecule has 5 heteroatoms. The molecule has 2 aliphatic rings. The maximum absolute atomic E-state index is 11.6. The average molecular weight is 263 g/mol. The first kappa shape index (κ1) is 12.5. The number of aryl methyl sites for hydroxylation is 1. The third-order valence-electron chi connectivity index (χ3n) is 4.88. The summed E-state index contributed by atoms with van der Waals surface area (Å²) in [5.41, 5.74) is 6.31. The number of hydrogen-bond donors (Lipinski definition) is 1. The number of nitrogen functional groups attached to an aromatic ring is 1. The molecule has 2 aliphatic carbocycles. The van der Waals surface area contributed by atoms with E-state index in [0.29, 0.717) is 11.7 Å². The van der Waals surface area contributed by atoms with Gasteiger partial charge in [0.1, 0.15) is 11.6 Å². The van der Waals surface area contributed by atoms with Gasteiger partial charge in [-0.1, -0.05) is 6.42 Å². The maximum Gasteiger partial charge on any atom is 0.360 e. The van der Waals surface area contributed by atoms with Gasteiger partial charge in [-0.25, -0.2) is 9.78 Å². The Balaban J connectivity index is 1.81. The lowest BCUT2D eigenvalue weighted by Crippen LogP contribution is -2.19. The highest BCUT2D eigenvalue weighted by Gasteiger charge is 2.39. The van der Waals surface area contributed by atoms with Crippen molar-refractivity contribution in [3.8, 4) is 0 Å². The fraction of sp³-hybridized carbons (Fsp3) is 0.714. The molecule has 104 valence electrons. The van der Waals surface area contributed by atoms with Gasteiger partial charge in [0, 0.05) is 6.54 Å². The number of ether oxygens (including phenoxy) is 1. The number of nitrogens with two attached hydrogens (primary N) is 1. The van der Waals surface area contributed by atoms with Gasteiger partial charge in [-0.3, -0.25) is 0 Å². The SMILES string of the molecule is COC(=O)c1nc(C)n(CC2CC3CCC2C3)c1N. The molecule has 5 nitrogen and oxygen atoms in total. The predicted octanol–water partition coefficient (Wildman–Crippen LogP) is 2.00. The first-order valence-electron chi connectivity index (χ1n) is 7.01. The second-order valence-electron chi connectivity index (χ2n) is 5.93. The number of carbonyl (C=O) groups excluding carboxylic acids is 1. The van der Waals surface area contributed by atoms with Crippen LogP contribution in [0.2, 0.25) is 0 Å². The molecule has 0 radical (unpaired) electrons. The largest absolute Gasteiger partial charge is 0.464 e. The van der Waals surface area contributed by atoms with Crippen LogP contribution in [-0.2, 0) is 11.3 Å². The first-order chi connectivity index (χ1) is 9.10. The van der Waals surface area contributed by atoms with E-state index in [4.69, 9.17) is 10.5 Å². The fourth-order valence-corrected chi connectivity index (χ4v) is 3.89. The number of aromatic nitrogens is 2. The molecule has 2 N–H and O–H groups in total. The van der Waals surface area contributed by atoms with E-state index in [0.717, 1.165) is 24.2 Å². The van der Waals surface area contributed by atoms with Crippen molar-refractivity contribution in [2.24, 2.45) is 17.8 Å². The normalized spacial score (nSPS) is 28.8. The molecule has 2 fully saturated rings.